The van der Waals surface area contributed by atoms with Gasteiger partial charge in [-0.3, -0.25) is 4.79 Å². The van der Waals surface area contributed by atoms with Crippen LogP contribution in [0.15, 0.2) is 65.1 Å². The Morgan fingerprint density at radius 1 is 1.15 bits per heavy atom. The maximum absolute atomic E-state index is 15.0. The largest absolute Gasteiger partial charge is 0.355 e. The topological polar surface area (TPSA) is 118 Å². The van der Waals surface area contributed by atoms with E-state index in [9.17, 15) is 22.4 Å². The molecule has 1 aromatic carbocycles. The van der Waals surface area contributed by atoms with Crippen LogP contribution in [0.25, 0.3) is 28.0 Å². The van der Waals surface area contributed by atoms with Crippen LogP contribution in [0.4, 0.5) is 10.2 Å². The normalized spacial score (nSPS) is 15.8. The molecule has 4 heterocycles. The lowest BCUT2D eigenvalue weighted by molar-refractivity contribution is -0.126. The van der Waals surface area contributed by atoms with Crippen molar-refractivity contribution in [3.05, 3.63) is 81.6 Å². The molecule has 1 aliphatic rings. The number of nitrogens with zero attached hydrogens (tertiary/aromatic N) is 6. The Bertz CT molecular complexity index is 1880. The molecule has 0 radical (unpaired) electrons. The molecule has 1 atom stereocenters. The minimum absolute atomic E-state index is 0.0281. The molecule has 41 heavy (non-hydrogen) atoms. The van der Waals surface area contributed by atoms with E-state index < -0.39 is 21.3 Å². The molecular weight excluding hydrogens is 594 g/mol. The third-order valence-corrected chi connectivity index (χ3v) is 8.35. The monoisotopic (exact) mass is 616 g/mol. The van der Waals surface area contributed by atoms with Crippen LogP contribution >= 0.6 is 23.2 Å². The first-order chi connectivity index (χ1) is 19.4. The molecule has 0 aliphatic carbocycles. The second-order valence-corrected chi connectivity index (χ2v) is 12.2. The molecule has 0 N–H and O–H groups in total. The van der Waals surface area contributed by atoms with Crippen LogP contribution in [-0.4, -0.2) is 70.7 Å². The Morgan fingerprint density at radius 2 is 1.90 bits per heavy atom. The number of sulfone groups is 1. The van der Waals surface area contributed by atoms with E-state index in [1.165, 1.54) is 48.7 Å². The number of benzene rings is 1. The first-order valence-corrected chi connectivity index (χ1v) is 15.0. The molecule has 1 saturated heterocycles. The highest BCUT2D eigenvalue weighted by Gasteiger charge is 2.31. The molecule has 0 unspecified atom stereocenters. The maximum atomic E-state index is 15.0. The molecule has 0 saturated carbocycles. The first-order valence-electron chi connectivity index (χ1n) is 12.3. The minimum atomic E-state index is -3.90. The Labute approximate surface area is 244 Å². The van der Waals surface area contributed by atoms with Crippen LogP contribution in [-0.2, 0) is 14.6 Å². The fourth-order valence-electron chi connectivity index (χ4n) is 4.88. The summed E-state index contributed by atoms with van der Waals surface area (Å²) in [6.07, 6.45) is 3.49. The van der Waals surface area contributed by atoms with E-state index >= 15 is 0 Å². The zero-order valence-electron chi connectivity index (χ0n) is 21.9. The Morgan fingerprint density at radius 3 is 2.56 bits per heavy atom. The number of fused-ring (bicyclic) bond motifs is 1. The number of piperazine rings is 1. The van der Waals surface area contributed by atoms with E-state index in [1.807, 2.05) is 11.8 Å². The zero-order chi connectivity index (χ0) is 29.6. The van der Waals surface area contributed by atoms with Crippen molar-refractivity contribution in [3.63, 3.8) is 0 Å². The molecule has 1 aliphatic heterocycles. The summed E-state index contributed by atoms with van der Waals surface area (Å²) in [6, 6.07) is 8.19. The quantitative estimate of drug-likeness (QED) is 0.310. The molecule has 0 bridgehead atoms. The second-order valence-electron chi connectivity index (χ2n) is 9.47. The molecule has 1 fully saturated rings. The van der Waals surface area contributed by atoms with E-state index in [2.05, 4.69) is 21.5 Å². The zero-order valence-corrected chi connectivity index (χ0v) is 24.2. The molecule has 4 aromatic rings. The number of halogens is 3. The number of anilines is 1. The summed E-state index contributed by atoms with van der Waals surface area (Å²) in [6.45, 7) is 6.41. The van der Waals surface area contributed by atoms with Crippen LogP contribution < -0.4 is 10.6 Å². The van der Waals surface area contributed by atoms with Gasteiger partial charge in [-0.1, -0.05) is 35.8 Å². The molecule has 10 nitrogen and oxygen atoms in total. The summed E-state index contributed by atoms with van der Waals surface area (Å²) in [7, 11) is -3.90. The van der Waals surface area contributed by atoms with Gasteiger partial charge in [-0.05, 0) is 43.3 Å². The minimum Gasteiger partial charge on any atom is -0.350 e. The van der Waals surface area contributed by atoms with Crippen LogP contribution in [0, 0.1) is 5.82 Å². The van der Waals surface area contributed by atoms with E-state index in [0.717, 1.165) is 10.8 Å². The van der Waals surface area contributed by atoms with Crippen molar-refractivity contribution in [2.45, 2.75) is 18.0 Å². The van der Waals surface area contributed by atoms with Gasteiger partial charge in [0.15, 0.2) is 20.5 Å². The highest BCUT2D eigenvalue weighted by atomic mass is 35.5. The third kappa shape index (κ3) is 5.18. The van der Waals surface area contributed by atoms with Crippen molar-refractivity contribution in [2.24, 2.45) is 0 Å². The summed E-state index contributed by atoms with van der Waals surface area (Å²) in [5, 5.41) is -0.00767. The summed E-state index contributed by atoms with van der Waals surface area (Å²) in [4.78, 5) is 42.3. The van der Waals surface area contributed by atoms with Gasteiger partial charge in [0.05, 0.1) is 32.4 Å². The van der Waals surface area contributed by atoms with Crippen molar-refractivity contribution in [3.8, 4) is 16.9 Å². The summed E-state index contributed by atoms with van der Waals surface area (Å²) >= 11 is 13.0. The smallest absolute Gasteiger partial charge is 0.350 e. The van der Waals surface area contributed by atoms with Crippen molar-refractivity contribution in [1.29, 1.82) is 0 Å². The fraction of sp³-hybridized carbons (Fsp3) is 0.222. The van der Waals surface area contributed by atoms with E-state index in [4.69, 9.17) is 23.2 Å². The van der Waals surface area contributed by atoms with Crippen molar-refractivity contribution >= 4 is 55.8 Å². The number of hydrogen-bond acceptors (Lipinski definition) is 8. The number of carbonyl (C=O) groups is 1. The van der Waals surface area contributed by atoms with Crippen molar-refractivity contribution < 1.29 is 17.6 Å². The summed E-state index contributed by atoms with van der Waals surface area (Å²) < 4.78 is 41.2. The second kappa shape index (κ2) is 10.8. The highest BCUT2D eigenvalue weighted by Crippen LogP contribution is 2.38. The molecular formula is C27H23Cl2FN6O4S. The van der Waals surface area contributed by atoms with Crippen molar-refractivity contribution in [1.82, 2.24) is 24.4 Å². The van der Waals surface area contributed by atoms with Gasteiger partial charge in [0.25, 0.3) is 0 Å². The number of pyridine rings is 2. The lowest BCUT2D eigenvalue weighted by atomic mass is 10.1. The Balaban J connectivity index is 1.83. The average molecular weight is 617 g/mol. The SMILES string of the molecule is C=CC(=O)N1CCN(c2nc(=O)n(-c3cccnc3S(C)(=O)=O)c3nc(-c4c(F)cccc4Cl)c(Cl)cc23)[C@@H](C)C1. The number of carbonyl (C=O) groups excluding carboxylic acids is 1. The van der Waals surface area contributed by atoms with Gasteiger partial charge in [0, 0.05) is 38.1 Å². The fourth-order valence-corrected chi connectivity index (χ4v) is 6.17. The summed E-state index contributed by atoms with van der Waals surface area (Å²) in [5.74, 6) is -0.681. The molecule has 1 amide bonds. The molecule has 3 aromatic heterocycles. The van der Waals surface area contributed by atoms with Crippen LogP contribution in [0.1, 0.15) is 6.92 Å². The maximum Gasteiger partial charge on any atom is 0.355 e. The number of hydrogen-bond donors (Lipinski definition) is 0. The van der Waals surface area contributed by atoms with E-state index in [1.54, 1.807) is 4.90 Å². The van der Waals surface area contributed by atoms with Crippen LogP contribution in [0.5, 0.6) is 0 Å². The van der Waals surface area contributed by atoms with Crippen LogP contribution in [0.3, 0.4) is 0 Å². The van der Waals surface area contributed by atoms with Crippen molar-refractivity contribution in [2.75, 3.05) is 30.8 Å². The summed E-state index contributed by atoms with van der Waals surface area (Å²) in [5.41, 5.74) is -1.10. The lowest BCUT2D eigenvalue weighted by Gasteiger charge is -2.40. The molecule has 14 heteroatoms. The van der Waals surface area contributed by atoms with Gasteiger partial charge in [0.2, 0.25) is 5.91 Å². The van der Waals surface area contributed by atoms with Gasteiger partial charge in [-0.2, -0.15) is 4.98 Å². The third-order valence-electron chi connectivity index (χ3n) is 6.73. The Hall–Kier alpha value is -3.87. The van der Waals surface area contributed by atoms with Gasteiger partial charge in [0.1, 0.15) is 11.6 Å². The highest BCUT2D eigenvalue weighted by molar-refractivity contribution is 7.90. The van der Waals surface area contributed by atoms with E-state index in [0.29, 0.717) is 25.0 Å². The van der Waals surface area contributed by atoms with Gasteiger partial charge < -0.3 is 9.80 Å². The number of aromatic nitrogens is 4. The van der Waals surface area contributed by atoms with E-state index in [-0.39, 0.29) is 55.4 Å². The first kappa shape index (κ1) is 28.7. The predicted octanol–water partition coefficient (Wildman–Crippen LogP) is 3.92. The molecule has 0 spiro atoms. The predicted molar refractivity (Wildman–Crippen MR) is 155 cm³/mol. The molecule has 212 valence electrons. The van der Waals surface area contributed by atoms with Gasteiger partial charge in [-0.25, -0.2) is 32.1 Å². The van der Waals surface area contributed by atoms with Gasteiger partial charge >= 0.3 is 5.69 Å². The molecule has 5 rings (SSSR count). The van der Waals surface area contributed by atoms with Gasteiger partial charge in [-0.15, -0.1) is 0 Å². The van der Waals surface area contributed by atoms with Crippen LogP contribution in [0.2, 0.25) is 10.0 Å². The number of amides is 1. The number of rotatable bonds is 5. The average Bonchev–Trinajstić information content (AvgIpc) is 2.92. The standard InChI is InChI=1S/C27H23Cl2FN6O4S/c1-4-21(37)34-11-12-35(15(2)14-34)24-16-13-18(29)23(22-17(28)7-5-8-19(22)30)32-25(16)36(27(38)33-24)20-9-6-10-31-26(20)41(3,39)40/h4-10,13,15H,1,11-12,14H2,2-3H3/t15-/m0/s1. The Kier molecular flexibility index (Phi) is 7.58. The lowest BCUT2D eigenvalue weighted by Crippen LogP contribution is -2.54.